The quantitative estimate of drug-likeness (QED) is 0.900. The van der Waals surface area contributed by atoms with E-state index < -0.39 is 6.10 Å². The fraction of sp³-hybridized carbons (Fsp3) is 0.588. The Morgan fingerprint density at radius 1 is 1.52 bits per heavy atom. The highest BCUT2D eigenvalue weighted by Gasteiger charge is 2.35. The monoisotopic (exact) mass is 291 g/mol. The molecule has 21 heavy (non-hydrogen) atoms. The summed E-state index contributed by atoms with van der Waals surface area (Å²) in [6.07, 6.45) is 1.01. The third-order valence-corrected chi connectivity index (χ3v) is 3.91. The van der Waals surface area contributed by atoms with Crippen molar-refractivity contribution in [3.8, 4) is 5.75 Å². The Hall–Kier alpha value is -1.55. The topological polar surface area (TPSA) is 58.6 Å². The number of hydrogen-bond acceptors (Lipinski definition) is 3. The second-order valence-corrected chi connectivity index (χ2v) is 6.45. The van der Waals surface area contributed by atoms with Gasteiger partial charge in [0.05, 0.1) is 12.1 Å². The number of aliphatic hydroxyl groups is 1. The van der Waals surface area contributed by atoms with Crippen molar-refractivity contribution in [1.82, 2.24) is 5.32 Å². The van der Waals surface area contributed by atoms with E-state index in [1.807, 2.05) is 26.0 Å². The number of carbonyl (C=O) groups is 1. The van der Waals surface area contributed by atoms with Crippen molar-refractivity contribution >= 4 is 5.91 Å². The third-order valence-electron chi connectivity index (χ3n) is 3.91. The molecule has 0 fully saturated rings. The first kappa shape index (κ1) is 15.8. The van der Waals surface area contributed by atoms with Crippen LogP contribution in [0.4, 0.5) is 0 Å². The van der Waals surface area contributed by atoms with E-state index in [2.05, 4.69) is 12.2 Å². The van der Waals surface area contributed by atoms with Gasteiger partial charge in [-0.15, -0.1) is 0 Å². The molecule has 2 unspecified atom stereocenters. The Morgan fingerprint density at radius 3 is 2.71 bits per heavy atom. The Bertz CT molecular complexity index is 549. The third kappa shape index (κ3) is 3.38. The van der Waals surface area contributed by atoms with Crippen LogP contribution in [-0.2, 0) is 11.2 Å². The molecule has 1 heterocycles. The first-order valence-electron chi connectivity index (χ1n) is 7.54. The van der Waals surface area contributed by atoms with E-state index >= 15 is 0 Å². The Labute approximate surface area is 126 Å². The van der Waals surface area contributed by atoms with Crippen LogP contribution in [0.25, 0.3) is 0 Å². The number of rotatable bonds is 3. The highest BCUT2D eigenvalue weighted by molar-refractivity contribution is 5.73. The molecular formula is C17H25NO3. The van der Waals surface area contributed by atoms with Crippen molar-refractivity contribution in [1.29, 1.82) is 0 Å². The van der Waals surface area contributed by atoms with Crippen molar-refractivity contribution in [2.45, 2.75) is 65.2 Å². The summed E-state index contributed by atoms with van der Waals surface area (Å²) in [6.45, 7) is 9.42. The van der Waals surface area contributed by atoms with Crippen LogP contribution in [0.1, 0.15) is 69.9 Å². The predicted molar refractivity (Wildman–Crippen MR) is 82.3 cm³/mol. The van der Waals surface area contributed by atoms with E-state index in [4.69, 9.17) is 4.74 Å². The normalized spacial score (nSPS) is 21.1. The first-order chi connectivity index (χ1) is 9.73. The molecule has 0 spiro atoms. The minimum Gasteiger partial charge on any atom is -0.487 e. The summed E-state index contributed by atoms with van der Waals surface area (Å²) >= 11 is 0. The molecule has 1 aliphatic rings. The maximum absolute atomic E-state index is 11.5. The van der Waals surface area contributed by atoms with Gasteiger partial charge in [-0.3, -0.25) is 4.79 Å². The Morgan fingerprint density at radius 2 is 2.19 bits per heavy atom. The molecule has 2 rings (SSSR count). The summed E-state index contributed by atoms with van der Waals surface area (Å²) in [4.78, 5) is 11.5. The summed E-state index contributed by atoms with van der Waals surface area (Å²) in [7, 11) is 0. The molecule has 1 aliphatic heterocycles. The van der Waals surface area contributed by atoms with Crippen LogP contribution < -0.4 is 10.1 Å². The largest absolute Gasteiger partial charge is 0.487 e. The van der Waals surface area contributed by atoms with Crippen LogP contribution in [-0.4, -0.2) is 16.6 Å². The second kappa shape index (κ2) is 5.68. The number of fused-ring (bicyclic) bond motifs is 1. The molecule has 1 aromatic carbocycles. The van der Waals surface area contributed by atoms with E-state index in [-0.39, 0.29) is 17.6 Å². The van der Waals surface area contributed by atoms with Crippen LogP contribution in [0.5, 0.6) is 5.75 Å². The van der Waals surface area contributed by atoms with Crippen molar-refractivity contribution in [3.63, 3.8) is 0 Å². The molecule has 0 saturated carbocycles. The van der Waals surface area contributed by atoms with Gasteiger partial charge in [0.15, 0.2) is 0 Å². The maximum Gasteiger partial charge on any atom is 0.217 e. The van der Waals surface area contributed by atoms with Crippen molar-refractivity contribution in [3.05, 3.63) is 28.8 Å². The summed E-state index contributed by atoms with van der Waals surface area (Å²) in [6, 6.07) is 3.87. The van der Waals surface area contributed by atoms with E-state index in [1.54, 1.807) is 6.92 Å². The number of amides is 1. The van der Waals surface area contributed by atoms with Gasteiger partial charge in [-0.25, -0.2) is 0 Å². The van der Waals surface area contributed by atoms with E-state index in [0.29, 0.717) is 6.42 Å². The lowest BCUT2D eigenvalue weighted by molar-refractivity contribution is -0.120. The van der Waals surface area contributed by atoms with Gasteiger partial charge in [-0.05, 0) is 50.5 Å². The number of hydrogen-bond donors (Lipinski definition) is 2. The molecule has 2 atom stereocenters. The molecular weight excluding hydrogens is 266 g/mol. The minimum atomic E-state index is -0.534. The Kier molecular flexibility index (Phi) is 4.28. The van der Waals surface area contributed by atoms with Gasteiger partial charge in [0.25, 0.3) is 0 Å². The summed E-state index contributed by atoms with van der Waals surface area (Å²) < 4.78 is 6.15. The minimum absolute atomic E-state index is 0.0517. The van der Waals surface area contributed by atoms with Gasteiger partial charge in [-0.1, -0.05) is 6.92 Å². The van der Waals surface area contributed by atoms with Crippen LogP contribution >= 0.6 is 0 Å². The van der Waals surface area contributed by atoms with Crippen molar-refractivity contribution < 1.29 is 14.6 Å². The van der Waals surface area contributed by atoms with Crippen molar-refractivity contribution in [2.24, 2.45) is 0 Å². The summed E-state index contributed by atoms with van der Waals surface area (Å²) in [5, 5.41) is 12.9. The number of benzene rings is 1. The standard InChI is InChI=1S/C17H25NO3/c1-6-12-7-13(10(2)19)8-14-15(18-11(3)20)9-17(4,5)21-16(12)14/h7-8,10,15,19H,6,9H2,1-5H3,(H,18,20). The fourth-order valence-corrected chi connectivity index (χ4v) is 2.92. The molecule has 1 amide bonds. The smallest absolute Gasteiger partial charge is 0.217 e. The number of ether oxygens (including phenoxy) is 1. The lowest BCUT2D eigenvalue weighted by atomic mass is 9.86. The van der Waals surface area contributed by atoms with Gasteiger partial charge < -0.3 is 15.2 Å². The lowest BCUT2D eigenvalue weighted by Crippen LogP contribution is -2.41. The van der Waals surface area contributed by atoms with Crippen LogP contribution in [0.3, 0.4) is 0 Å². The fourth-order valence-electron chi connectivity index (χ4n) is 2.92. The zero-order chi connectivity index (χ0) is 15.8. The molecule has 4 heteroatoms. The summed E-state index contributed by atoms with van der Waals surface area (Å²) in [5.41, 5.74) is 2.59. The van der Waals surface area contributed by atoms with Gasteiger partial charge in [0, 0.05) is 18.9 Å². The van der Waals surface area contributed by atoms with Crippen LogP contribution in [0, 0.1) is 0 Å². The predicted octanol–water partition coefficient (Wildman–Crippen LogP) is 3.04. The van der Waals surface area contributed by atoms with Gasteiger partial charge >= 0.3 is 0 Å². The molecule has 1 aromatic rings. The number of nitrogens with one attached hydrogen (secondary N) is 1. The molecule has 2 N–H and O–H groups in total. The zero-order valence-electron chi connectivity index (χ0n) is 13.5. The number of aryl methyl sites for hydroxylation is 1. The van der Waals surface area contributed by atoms with Crippen LogP contribution in [0.15, 0.2) is 12.1 Å². The SMILES string of the molecule is CCc1cc(C(C)O)cc2c1OC(C)(C)CC2NC(C)=O. The molecule has 0 aliphatic carbocycles. The highest BCUT2D eigenvalue weighted by Crippen LogP contribution is 2.43. The maximum atomic E-state index is 11.5. The van der Waals surface area contributed by atoms with Crippen molar-refractivity contribution in [2.75, 3.05) is 0 Å². The van der Waals surface area contributed by atoms with Gasteiger partial charge in [0.2, 0.25) is 5.91 Å². The number of aliphatic hydroxyl groups excluding tert-OH is 1. The average molecular weight is 291 g/mol. The molecule has 4 nitrogen and oxygen atoms in total. The molecule has 0 aromatic heterocycles. The molecule has 116 valence electrons. The summed E-state index contributed by atoms with van der Waals surface area (Å²) in [5.74, 6) is 0.807. The average Bonchev–Trinajstić information content (AvgIpc) is 2.35. The Balaban J connectivity index is 2.57. The lowest BCUT2D eigenvalue weighted by Gasteiger charge is -2.39. The second-order valence-electron chi connectivity index (χ2n) is 6.45. The van der Waals surface area contributed by atoms with E-state index in [9.17, 15) is 9.90 Å². The zero-order valence-corrected chi connectivity index (χ0v) is 13.5. The van der Waals surface area contributed by atoms with Gasteiger partial charge in [-0.2, -0.15) is 0 Å². The van der Waals surface area contributed by atoms with E-state index in [0.717, 1.165) is 28.9 Å². The number of carbonyl (C=O) groups excluding carboxylic acids is 1. The molecule has 0 bridgehead atoms. The van der Waals surface area contributed by atoms with E-state index in [1.165, 1.54) is 6.92 Å². The molecule has 0 saturated heterocycles. The first-order valence-corrected chi connectivity index (χ1v) is 7.54. The molecule has 0 radical (unpaired) electrons. The van der Waals surface area contributed by atoms with Crippen LogP contribution in [0.2, 0.25) is 0 Å². The van der Waals surface area contributed by atoms with Gasteiger partial charge in [0.1, 0.15) is 11.4 Å². The highest BCUT2D eigenvalue weighted by atomic mass is 16.5.